The highest BCUT2D eigenvalue weighted by Gasteiger charge is 2.28. The van der Waals surface area contributed by atoms with Gasteiger partial charge in [-0.05, 0) is 35.2 Å². The predicted octanol–water partition coefficient (Wildman–Crippen LogP) is 3.41. The van der Waals surface area contributed by atoms with Crippen molar-refractivity contribution in [3.05, 3.63) is 78.4 Å². The van der Waals surface area contributed by atoms with Crippen molar-refractivity contribution < 1.29 is 22.7 Å². The SMILES string of the molecule is COC(=O)/C=C/c1cccc(S(=O)(=O)N2CCN(CCOc3cccc4ccccc34)CC2)c1. The van der Waals surface area contributed by atoms with E-state index in [1.807, 2.05) is 24.3 Å². The van der Waals surface area contributed by atoms with Crippen LogP contribution in [0.1, 0.15) is 5.56 Å². The molecule has 0 unspecified atom stereocenters. The first-order chi connectivity index (χ1) is 16.5. The smallest absolute Gasteiger partial charge is 0.330 e. The van der Waals surface area contributed by atoms with Gasteiger partial charge in [0.1, 0.15) is 12.4 Å². The average Bonchev–Trinajstić information content (AvgIpc) is 2.88. The zero-order valence-electron chi connectivity index (χ0n) is 19.1. The van der Waals surface area contributed by atoms with Crippen LogP contribution < -0.4 is 4.74 Å². The van der Waals surface area contributed by atoms with Gasteiger partial charge in [-0.15, -0.1) is 0 Å². The van der Waals surface area contributed by atoms with Gasteiger partial charge in [0.25, 0.3) is 0 Å². The minimum Gasteiger partial charge on any atom is -0.492 e. The highest BCUT2D eigenvalue weighted by atomic mass is 32.2. The van der Waals surface area contributed by atoms with Crippen molar-refractivity contribution in [1.82, 2.24) is 9.21 Å². The highest BCUT2D eigenvalue weighted by molar-refractivity contribution is 7.89. The lowest BCUT2D eigenvalue weighted by Crippen LogP contribution is -2.49. The first kappa shape index (κ1) is 23.9. The van der Waals surface area contributed by atoms with E-state index in [2.05, 4.69) is 27.8 Å². The van der Waals surface area contributed by atoms with Gasteiger partial charge in [0, 0.05) is 44.2 Å². The number of piperazine rings is 1. The number of fused-ring (bicyclic) bond motifs is 1. The molecule has 0 spiro atoms. The van der Waals surface area contributed by atoms with E-state index in [9.17, 15) is 13.2 Å². The van der Waals surface area contributed by atoms with E-state index in [0.717, 1.165) is 23.1 Å². The number of hydrogen-bond donors (Lipinski definition) is 0. The Morgan fingerprint density at radius 2 is 1.71 bits per heavy atom. The fraction of sp³-hybridized carbons (Fsp3) is 0.269. The first-order valence-electron chi connectivity index (χ1n) is 11.2. The van der Waals surface area contributed by atoms with E-state index in [4.69, 9.17) is 4.74 Å². The molecule has 1 saturated heterocycles. The van der Waals surface area contributed by atoms with Crippen molar-refractivity contribution in [2.24, 2.45) is 0 Å². The van der Waals surface area contributed by atoms with Gasteiger partial charge in [0.05, 0.1) is 12.0 Å². The van der Waals surface area contributed by atoms with Gasteiger partial charge in [0.15, 0.2) is 0 Å². The number of hydrogen-bond acceptors (Lipinski definition) is 6. The molecule has 178 valence electrons. The summed E-state index contributed by atoms with van der Waals surface area (Å²) in [5.41, 5.74) is 0.621. The number of sulfonamides is 1. The van der Waals surface area contributed by atoms with E-state index >= 15 is 0 Å². The lowest BCUT2D eigenvalue weighted by molar-refractivity contribution is -0.134. The molecule has 1 aliphatic heterocycles. The largest absolute Gasteiger partial charge is 0.492 e. The van der Waals surface area contributed by atoms with Crippen molar-refractivity contribution in [3.63, 3.8) is 0 Å². The summed E-state index contributed by atoms with van der Waals surface area (Å²) in [6, 6.07) is 20.7. The second kappa shape index (κ2) is 10.8. The molecular formula is C26H28N2O5S. The van der Waals surface area contributed by atoms with E-state index < -0.39 is 16.0 Å². The first-order valence-corrected chi connectivity index (χ1v) is 12.6. The number of benzene rings is 3. The van der Waals surface area contributed by atoms with Crippen molar-refractivity contribution in [2.75, 3.05) is 46.4 Å². The molecule has 0 atom stereocenters. The summed E-state index contributed by atoms with van der Waals surface area (Å²) in [7, 11) is -2.32. The zero-order chi connectivity index (χ0) is 24.0. The van der Waals surface area contributed by atoms with E-state index in [-0.39, 0.29) is 4.90 Å². The van der Waals surface area contributed by atoms with Gasteiger partial charge < -0.3 is 9.47 Å². The standard InChI is InChI=1S/C26H28N2O5S/c1-32-26(29)13-12-21-6-4-9-23(20-21)34(30,31)28-16-14-27(15-17-28)18-19-33-25-11-5-8-22-7-2-3-10-24(22)25/h2-13,20H,14-19H2,1H3/b13-12+. The van der Waals surface area contributed by atoms with Gasteiger partial charge in [-0.2, -0.15) is 4.31 Å². The van der Waals surface area contributed by atoms with Crippen LogP contribution >= 0.6 is 0 Å². The summed E-state index contributed by atoms with van der Waals surface area (Å²) in [5, 5.41) is 2.23. The zero-order valence-corrected chi connectivity index (χ0v) is 19.9. The second-order valence-electron chi connectivity index (χ2n) is 8.00. The summed E-state index contributed by atoms with van der Waals surface area (Å²) in [4.78, 5) is 13.7. The van der Waals surface area contributed by atoms with Gasteiger partial charge in [-0.3, -0.25) is 4.90 Å². The molecule has 0 amide bonds. The van der Waals surface area contributed by atoms with Crippen LogP contribution in [0.5, 0.6) is 5.75 Å². The molecule has 8 heteroatoms. The predicted molar refractivity (Wildman–Crippen MR) is 132 cm³/mol. The lowest BCUT2D eigenvalue weighted by atomic mass is 10.1. The monoisotopic (exact) mass is 480 g/mol. The molecule has 3 aromatic rings. The molecule has 7 nitrogen and oxygen atoms in total. The maximum Gasteiger partial charge on any atom is 0.330 e. The lowest BCUT2D eigenvalue weighted by Gasteiger charge is -2.33. The Morgan fingerprint density at radius 1 is 0.971 bits per heavy atom. The molecule has 0 aliphatic carbocycles. The highest BCUT2D eigenvalue weighted by Crippen LogP contribution is 2.25. The van der Waals surface area contributed by atoms with Crippen LogP contribution in [0.3, 0.4) is 0 Å². The molecular weight excluding hydrogens is 452 g/mol. The fourth-order valence-electron chi connectivity index (χ4n) is 3.96. The van der Waals surface area contributed by atoms with Crippen LogP contribution in [0.15, 0.2) is 77.7 Å². The maximum atomic E-state index is 13.1. The summed E-state index contributed by atoms with van der Waals surface area (Å²) in [6.07, 6.45) is 2.81. The quantitative estimate of drug-likeness (QED) is 0.363. The van der Waals surface area contributed by atoms with Gasteiger partial charge in [-0.25, -0.2) is 13.2 Å². The molecule has 1 aliphatic rings. The van der Waals surface area contributed by atoms with E-state index in [1.165, 1.54) is 17.5 Å². The molecule has 1 fully saturated rings. The van der Waals surface area contributed by atoms with Gasteiger partial charge in [0.2, 0.25) is 10.0 Å². The minimum atomic E-state index is -3.61. The van der Waals surface area contributed by atoms with Crippen molar-refractivity contribution in [1.29, 1.82) is 0 Å². The Bertz CT molecular complexity index is 1280. The number of methoxy groups -OCH3 is 1. The number of carbonyl (C=O) groups is 1. The summed E-state index contributed by atoms with van der Waals surface area (Å²) < 4.78 is 38.4. The molecule has 0 saturated carbocycles. The van der Waals surface area contributed by atoms with Crippen LogP contribution in [-0.2, 0) is 19.6 Å². The maximum absolute atomic E-state index is 13.1. The summed E-state index contributed by atoms with van der Waals surface area (Å²) >= 11 is 0. The second-order valence-corrected chi connectivity index (χ2v) is 9.94. The molecule has 4 rings (SSSR count). The molecule has 0 bridgehead atoms. The van der Waals surface area contributed by atoms with Gasteiger partial charge >= 0.3 is 5.97 Å². The fourth-order valence-corrected chi connectivity index (χ4v) is 5.44. The molecule has 3 aromatic carbocycles. The van der Waals surface area contributed by atoms with Crippen molar-refractivity contribution in [2.45, 2.75) is 4.90 Å². The number of ether oxygens (including phenoxy) is 2. The van der Waals surface area contributed by atoms with Crippen LogP contribution in [0.2, 0.25) is 0 Å². The topological polar surface area (TPSA) is 76.2 Å². The normalized spacial score (nSPS) is 15.6. The Hall–Kier alpha value is -3.20. The van der Waals surface area contributed by atoms with Crippen molar-refractivity contribution >= 4 is 32.8 Å². The summed E-state index contributed by atoms with van der Waals surface area (Å²) in [5.74, 6) is 0.370. The molecule has 34 heavy (non-hydrogen) atoms. The van der Waals surface area contributed by atoms with Crippen LogP contribution in [-0.4, -0.2) is 70.0 Å². The van der Waals surface area contributed by atoms with Crippen LogP contribution in [0, 0.1) is 0 Å². The number of nitrogens with zero attached hydrogens (tertiary/aromatic N) is 2. The minimum absolute atomic E-state index is 0.215. The number of esters is 1. The van der Waals surface area contributed by atoms with Crippen LogP contribution in [0.25, 0.3) is 16.8 Å². The Kier molecular flexibility index (Phi) is 7.62. The summed E-state index contributed by atoms with van der Waals surface area (Å²) in [6.45, 7) is 3.37. The molecule has 0 aromatic heterocycles. The third kappa shape index (κ3) is 5.64. The van der Waals surface area contributed by atoms with E-state index in [1.54, 1.807) is 30.3 Å². The Labute approximate surface area is 200 Å². The number of rotatable bonds is 8. The van der Waals surface area contributed by atoms with Gasteiger partial charge in [-0.1, -0.05) is 48.5 Å². The molecule has 0 N–H and O–H groups in total. The Morgan fingerprint density at radius 3 is 2.50 bits per heavy atom. The molecule has 1 heterocycles. The Balaban J connectivity index is 1.31. The third-order valence-corrected chi connectivity index (χ3v) is 7.75. The third-order valence-electron chi connectivity index (χ3n) is 5.85. The number of carbonyl (C=O) groups excluding carboxylic acids is 1. The van der Waals surface area contributed by atoms with Crippen molar-refractivity contribution in [3.8, 4) is 5.75 Å². The molecule has 0 radical (unpaired) electrons. The van der Waals surface area contributed by atoms with E-state index in [0.29, 0.717) is 38.3 Å². The van der Waals surface area contributed by atoms with Crippen LogP contribution in [0.4, 0.5) is 0 Å². The average molecular weight is 481 g/mol.